The van der Waals surface area contributed by atoms with Crippen LogP contribution in [0.25, 0.3) is 0 Å². The van der Waals surface area contributed by atoms with Gasteiger partial charge in [0.2, 0.25) is 5.91 Å². The Morgan fingerprint density at radius 3 is 2.20 bits per heavy atom. The second-order valence-electron chi connectivity index (χ2n) is 10.4. The normalized spacial score (nSPS) is 27.6. The lowest BCUT2D eigenvalue weighted by molar-refractivity contribution is -0.138. The molecule has 0 bridgehead atoms. The number of carbonyl (C=O) groups excluding carboxylic acids is 1. The van der Waals surface area contributed by atoms with Crippen LogP contribution in [0.5, 0.6) is 0 Å². The fourth-order valence-corrected chi connectivity index (χ4v) is 6.51. The van der Waals surface area contributed by atoms with Crippen LogP contribution in [0.15, 0.2) is 30.3 Å². The van der Waals surface area contributed by atoms with Gasteiger partial charge in [-0.2, -0.15) is 0 Å². The van der Waals surface area contributed by atoms with Crippen LogP contribution in [-0.2, 0) is 4.79 Å². The van der Waals surface area contributed by atoms with Crippen LogP contribution in [0.3, 0.4) is 0 Å². The molecule has 4 rings (SSSR count). The number of nitrogens with one attached hydrogen (secondary N) is 1. The van der Waals surface area contributed by atoms with Crippen LogP contribution in [0.4, 0.5) is 0 Å². The highest BCUT2D eigenvalue weighted by molar-refractivity contribution is 6.07. The third-order valence-corrected chi connectivity index (χ3v) is 8.30. The molecule has 1 N–H and O–H groups in total. The quantitative estimate of drug-likeness (QED) is 0.506. The largest absolute Gasteiger partial charge is 0.293 e. The Labute approximate surface area is 183 Å². The highest BCUT2D eigenvalue weighted by Crippen LogP contribution is 2.49. The Kier molecular flexibility index (Phi) is 6.95. The number of nitrogens with zero attached hydrogens (tertiary/aromatic N) is 1. The number of hydrogen-bond donors (Lipinski definition) is 1. The molecule has 3 aliphatic rings. The maximum absolute atomic E-state index is 14.0. The van der Waals surface area contributed by atoms with E-state index in [2.05, 4.69) is 19.1 Å². The average Bonchev–Trinajstić information content (AvgIpc) is 3.03. The number of carbonyl (C=O) groups is 1. The molecule has 1 saturated heterocycles. The smallest absolute Gasteiger partial charge is 0.235 e. The maximum atomic E-state index is 14.0. The second-order valence-corrected chi connectivity index (χ2v) is 10.4. The van der Waals surface area contributed by atoms with E-state index in [9.17, 15) is 4.79 Å². The summed E-state index contributed by atoms with van der Waals surface area (Å²) in [6, 6.07) is 10.2. The van der Waals surface area contributed by atoms with Gasteiger partial charge in [0.15, 0.2) is 0 Å². The number of amides is 1. The van der Waals surface area contributed by atoms with Gasteiger partial charge in [0.1, 0.15) is 5.84 Å². The summed E-state index contributed by atoms with van der Waals surface area (Å²) in [5.74, 6) is 2.28. The van der Waals surface area contributed by atoms with E-state index in [-0.39, 0.29) is 17.4 Å². The molecule has 1 heterocycles. The van der Waals surface area contributed by atoms with E-state index >= 15 is 0 Å². The van der Waals surface area contributed by atoms with Crippen molar-refractivity contribution in [3.05, 3.63) is 35.9 Å². The summed E-state index contributed by atoms with van der Waals surface area (Å²) in [6.45, 7) is 2.10. The summed E-state index contributed by atoms with van der Waals surface area (Å²) in [6.07, 6.45) is 17.2. The summed E-state index contributed by atoms with van der Waals surface area (Å²) in [5, 5.41) is 8.82. The fourth-order valence-electron chi connectivity index (χ4n) is 6.51. The van der Waals surface area contributed by atoms with Gasteiger partial charge in [0, 0.05) is 6.42 Å². The van der Waals surface area contributed by atoms with Crippen LogP contribution < -0.4 is 0 Å². The van der Waals surface area contributed by atoms with Gasteiger partial charge >= 0.3 is 0 Å². The third kappa shape index (κ3) is 4.65. The molecule has 1 aromatic rings. The summed E-state index contributed by atoms with van der Waals surface area (Å²) in [5.41, 5.74) is 0.816. The van der Waals surface area contributed by atoms with Gasteiger partial charge in [0.05, 0.1) is 11.5 Å². The van der Waals surface area contributed by atoms with Gasteiger partial charge < -0.3 is 0 Å². The Morgan fingerprint density at radius 1 is 0.967 bits per heavy atom. The lowest BCUT2D eigenvalue weighted by Crippen LogP contribution is -2.39. The first-order valence-electron chi connectivity index (χ1n) is 12.5. The molecule has 0 aromatic heterocycles. The highest BCUT2D eigenvalue weighted by atomic mass is 16.2. The first-order chi connectivity index (χ1) is 14.6. The average molecular weight is 409 g/mol. The predicted molar refractivity (Wildman–Crippen MR) is 123 cm³/mol. The highest BCUT2D eigenvalue weighted by Gasteiger charge is 2.51. The van der Waals surface area contributed by atoms with Crippen molar-refractivity contribution in [1.29, 1.82) is 5.41 Å². The Hall–Kier alpha value is -1.64. The SMILES string of the molecule is C[C@@H](c1ccccc1)N1C(=N)C[C@](CCC2CCCCC2)(CC2CCCCC2)C1=O. The van der Waals surface area contributed by atoms with E-state index in [0.717, 1.165) is 24.3 Å². The first-order valence-corrected chi connectivity index (χ1v) is 12.5. The molecule has 1 aromatic carbocycles. The van der Waals surface area contributed by atoms with E-state index in [1.54, 1.807) is 0 Å². The Morgan fingerprint density at radius 2 is 1.57 bits per heavy atom. The molecule has 0 spiro atoms. The van der Waals surface area contributed by atoms with Crippen LogP contribution in [0, 0.1) is 22.7 Å². The molecule has 0 radical (unpaired) electrons. The van der Waals surface area contributed by atoms with Gasteiger partial charge in [0.25, 0.3) is 0 Å². The molecule has 3 heteroatoms. The van der Waals surface area contributed by atoms with Crippen molar-refractivity contribution in [1.82, 2.24) is 4.90 Å². The molecule has 30 heavy (non-hydrogen) atoms. The van der Waals surface area contributed by atoms with E-state index in [1.807, 2.05) is 23.1 Å². The molecule has 164 valence electrons. The number of benzene rings is 1. The molecular formula is C27H40N2O. The number of rotatable bonds is 7. The van der Waals surface area contributed by atoms with Crippen molar-refractivity contribution >= 4 is 11.7 Å². The monoisotopic (exact) mass is 408 g/mol. The lowest BCUT2D eigenvalue weighted by atomic mass is 9.69. The van der Waals surface area contributed by atoms with Crippen LogP contribution in [-0.4, -0.2) is 16.6 Å². The van der Waals surface area contributed by atoms with Crippen molar-refractivity contribution in [3.63, 3.8) is 0 Å². The van der Waals surface area contributed by atoms with E-state index in [1.165, 1.54) is 70.6 Å². The molecule has 1 aliphatic heterocycles. The zero-order chi connectivity index (χ0) is 21.0. The minimum absolute atomic E-state index is 0.0471. The molecule has 2 saturated carbocycles. The zero-order valence-corrected chi connectivity index (χ0v) is 18.9. The first kappa shape index (κ1) is 21.6. The van der Waals surface area contributed by atoms with Crippen LogP contribution in [0.2, 0.25) is 0 Å². The standard InChI is InChI=1S/C27H40N2O/c1-21(24-15-9-4-10-16-24)29-25(28)20-27(26(29)30,19-23-13-7-3-8-14-23)18-17-22-11-5-2-6-12-22/h4,9-10,15-16,21-23,28H,2-3,5-8,11-14,17-20H2,1H3/t21-,27-/m0/s1. The number of amidine groups is 1. The molecule has 0 unspecified atom stereocenters. The summed E-state index contributed by atoms with van der Waals surface area (Å²) in [7, 11) is 0. The predicted octanol–water partition coefficient (Wildman–Crippen LogP) is 7.27. The molecule has 3 fully saturated rings. The fraction of sp³-hybridized carbons (Fsp3) is 0.704. The van der Waals surface area contributed by atoms with Gasteiger partial charge in [-0.05, 0) is 43.6 Å². The minimum Gasteiger partial charge on any atom is -0.293 e. The lowest BCUT2D eigenvalue weighted by Gasteiger charge is -2.35. The van der Waals surface area contributed by atoms with Crippen molar-refractivity contribution in [2.24, 2.45) is 17.3 Å². The molecule has 2 atom stereocenters. The summed E-state index contributed by atoms with van der Waals surface area (Å²) in [4.78, 5) is 15.8. The minimum atomic E-state index is -0.320. The number of hydrogen-bond acceptors (Lipinski definition) is 2. The van der Waals surface area contributed by atoms with Crippen LogP contribution >= 0.6 is 0 Å². The topological polar surface area (TPSA) is 44.2 Å². The van der Waals surface area contributed by atoms with Crippen molar-refractivity contribution in [3.8, 4) is 0 Å². The summed E-state index contributed by atoms with van der Waals surface area (Å²) < 4.78 is 0. The van der Waals surface area contributed by atoms with Crippen molar-refractivity contribution in [2.75, 3.05) is 0 Å². The third-order valence-electron chi connectivity index (χ3n) is 8.30. The molecular weight excluding hydrogens is 368 g/mol. The maximum Gasteiger partial charge on any atom is 0.235 e. The summed E-state index contributed by atoms with van der Waals surface area (Å²) >= 11 is 0. The molecule has 3 nitrogen and oxygen atoms in total. The molecule has 1 amide bonds. The van der Waals surface area contributed by atoms with Crippen molar-refractivity contribution < 1.29 is 4.79 Å². The Bertz CT molecular complexity index is 718. The van der Waals surface area contributed by atoms with Gasteiger partial charge in [-0.15, -0.1) is 0 Å². The van der Waals surface area contributed by atoms with Gasteiger partial charge in [-0.25, -0.2) is 0 Å². The van der Waals surface area contributed by atoms with Crippen molar-refractivity contribution in [2.45, 2.75) is 103 Å². The second kappa shape index (κ2) is 9.66. The Balaban J connectivity index is 1.54. The van der Waals surface area contributed by atoms with E-state index < -0.39 is 0 Å². The number of likely N-dealkylation sites (tertiary alicyclic amines) is 1. The molecule has 2 aliphatic carbocycles. The van der Waals surface area contributed by atoms with E-state index in [4.69, 9.17) is 5.41 Å². The van der Waals surface area contributed by atoms with Crippen LogP contribution in [0.1, 0.15) is 108 Å². The van der Waals surface area contributed by atoms with Gasteiger partial charge in [-0.3, -0.25) is 15.1 Å². The zero-order valence-electron chi connectivity index (χ0n) is 18.9. The van der Waals surface area contributed by atoms with E-state index in [0.29, 0.717) is 18.2 Å². The van der Waals surface area contributed by atoms with Gasteiger partial charge in [-0.1, -0.05) is 94.5 Å².